The van der Waals surface area contributed by atoms with Crippen LogP contribution < -0.4 is 0 Å². The van der Waals surface area contributed by atoms with Crippen LogP contribution in [0.25, 0.3) is 0 Å². The molecule has 0 N–H and O–H groups in total. The van der Waals surface area contributed by atoms with Crippen LogP contribution in [0.2, 0.25) is 0 Å². The van der Waals surface area contributed by atoms with E-state index in [9.17, 15) is 0 Å². The molecule has 0 aromatic heterocycles. The lowest BCUT2D eigenvalue weighted by Crippen LogP contribution is -2.49. The van der Waals surface area contributed by atoms with Gasteiger partial charge in [0.1, 0.15) is 0 Å². The molecule has 0 heteroatoms. The van der Waals surface area contributed by atoms with Gasteiger partial charge in [0.05, 0.1) is 0 Å². The fraction of sp³-hybridized carbons (Fsp3) is 0.917. The Kier molecular flexibility index (Phi) is 5.25. The average molecular weight is 331 g/mol. The third kappa shape index (κ3) is 2.71. The van der Waals surface area contributed by atoms with Crippen molar-refractivity contribution in [2.75, 3.05) is 0 Å². The second-order valence-corrected chi connectivity index (χ2v) is 9.98. The highest BCUT2D eigenvalue weighted by atomic mass is 14.6. The highest BCUT2D eigenvalue weighted by Crippen LogP contribution is 2.64. The van der Waals surface area contributed by atoms with Crippen LogP contribution in [-0.4, -0.2) is 0 Å². The Labute approximate surface area is 151 Å². The Morgan fingerprint density at radius 1 is 0.917 bits per heavy atom. The van der Waals surface area contributed by atoms with E-state index in [0.717, 1.165) is 47.3 Å². The minimum atomic E-state index is 0.674. The summed E-state index contributed by atoms with van der Waals surface area (Å²) < 4.78 is 0. The predicted octanol–water partition coefficient (Wildman–Crippen LogP) is 7.35. The molecule has 0 amide bonds. The summed E-state index contributed by atoms with van der Waals surface area (Å²) in [7, 11) is 0. The maximum absolute atomic E-state index is 2.69. The van der Waals surface area contributed by atoms with Gasteiger partial charge in [-0.05, 0) is 91.3 Å². The molecule has 4 aliphatic carbocycles. The normalized spacial score (nSPS) is 53.0. The Balaban J connectivity index is 0.000000815. The molecule has 0 aromatic rings. The van der Waals surface area contributed by atoms with Gasteiger partial charge in [0.2, 0.25) is 0 Å². The van der Waals surface area contributed by atoms with Crippen molar-refractivity contribution in [1.29, 1.82) is 0 Å². The molecule has 0 spiro atoms. The van der Waals surface area contributed by atoms with Crippen molar-refractivity contribution in [2.24, 2.45) is 52.8 Å². The molecule has 3 saturated carbocycles. The first-order chi connectivity index (χ1) is 11.4. The molecule has 0 saturated heterocycles. The summed E-state index contributed by atoms with van der Waals surface area (Å²) in [5.74, 6) is 7.60. The Hall–Kier alpha value is -0.260. The topological polar surface area (TPSA) is 0 Å². The summed E-state index contributed by atoms with van der Waals surface area (Å²) >= 11 is 0. The average Bonchev–Trinajstić information content (AvgIpc) is 2.85. The van der Waals surface area contributed by atoms with E-state index in [1.807, 2.05) is 19.4 Å². The number of rotatable bonds is 0. The first-order valence-corrected chi connectivity index (χ1v) is 11.1. The molecule has 0 aliphatic heterocycles. The number of allylic oxidation sites excluding steroid dienone is 2. The quantitative estimate of drug-likeness (QED) is 0.407. The van der Waals surface area contributed by atoms with Crippen LogP contribution >= 0.6 is 0 Å². The van der Waals surface area contributed by atoms with Gasteiger partial charge >= 0.3 is 0 Å². The van der Waals surface area contributed by atoms with Gasteiger partial charge in [-0.1, -0.05) is 60.1 Å². The zero-order chi connectivity index (χ0) is 17.6. The number of fused-ring (bicyclic) bond motifs is 5. The van der Waals surface area contributed by atoms with Crippen molar-refractivity contribution in [3.05, 3.63) is 11.6 Å². The van der Waals surface area contributed by atoms with Gasteiger partial charge < -0.3 is 0 Å². The highest BCUT2D eigenvalue weighted by Gasteiger charge is 2.56. The van der Waals surface area contributed by atoms with E-state index in [1.165, 1.54) is 38.5 Å². The Morgan fingerprint density at radius 2 is 1.62 bits per heavy atom. The molecular weight excluding hydrogens is 288 g/mol. The minimum Gasteiger partial charge on any atom is -0.0819 e. The van der Waals surface area contributed by atoms with E-state index in [1.54, 1.807) is 0 Å². The van der Waals surface area contributed by atoms with Crippen LogP contribution in [-0.2, 0) is 0 Å². The molecule has 0 nitrogen and oxygen atoms in total. The van der Waals surface area contributed by atoms with Crippen LogP contribution in [0.5, 0.6) is 0 Å². The number of hydrogen-bond donors (Lipinski definition) is 0. The van der Waals surface area contributed by atoms with E-state index < -0.39 is 0 Å². The standard InChI is InChI=1S/C22H36.C2H6/c1-13-10-15(3)21-17-8-9-22(5)16(4)6-7-20(22)19(17)12-14(2)18(21)11-13;1-2/h11,13-17,19-21H,6-10,12H2,1-5H3;1-2H3. The minimum absolute atomic E-state index is 0.674. The first-order valence-electron chi connectivity index (χ1n) is 11.1. The molecular formula is C24H42. The fourth-order valence-electron chi connectivity index (χ4n) is 7.64. The summed E-state index contributed by atoms with van der Waals surface area (Å²) in [4.78, 5) is 0. The van der Waals surface area contributed by atoms with E-state index in [0.29, 0.717) is 5.41 Å². The van der Waals surface area contributed by atoms with Gasteiger partial charge in [-0.2, -0.15) is 0 Å². The van der Waals surface area contributed by atoms with E-state index in [2.05, 4.69) is 40.7 Å². The maximum Gasteiger partial charge on any atom is -0.0143 e. The molecule has 138 valence electrons. The molecule has 0 radical (unpaired) electrons. The zero-order valence-electron chi connectivity index (χ0n) is 17.4. The van der Waals surface area contributed by atoms with Crippen molar-refractivity contribution in [2.45, 2.75) is 87.0 Å². The lowest BCUT2D eigenvalue weighted by molar-refractivity contribution is -0.0388. The van der Waals surface area contributed by atoms with Gasteiger partial charge in [-0.3, -0.25) is 0 Å². The van der Waals surface area contributed by atoms with Crippen LogP contribution in [0.1, 0.15) is 87.0 Å². The van der Waals surface area contributed by atoms with Crippen molar-refractivity contribution < 1.29 is 0 Å². The molecule has 0 aromatic carbocycles. The van der Waals surface area contributed by atoms with Gasteiger partial charge in [0.25, 0.3) is 0 Å². The zero-order valence-corrected chi connectivity index (χ0v) is 17.4. The monoisotopic (exact) mass is 330 g/mol. The highest BCUT2D eigenvalue weighted by molar-refractivity contribution is 5.22. The summed E-state index contributed by atoms with van der Waals surface area (Å²) in [6.07, 6.45) is 11.7. The maximum atomic E-state index is 2.69. The molecule has 4 aliphatic rings. The van der Waals surface area contributed by atoms with Crippen LogP contribution in [0.3, 0.4) is 0 Å². The van der Waals surface area contributed by atoms with Crippen LogP contribution in [0.15, 0.2) is 11.6 Å². The lowest BCUT2D eigenvalue weighted by atomic mass is 9.48. The second-order valence-electron chi connectivity index (χ2n) is 9.98. The van der Waals surface area contributed by atoms with Crippen LogP contribution in [0.4, 0.5) is 0 Å². The second kappa shape index (κ2) is 6.81. The van der Waals surface area contributed by atoms with Gasteiger partial charge in [0, 0.05) is 0 Å². The van der Waals surface area contributed by atoms with Crippen LogP contribution in [0, 0.1) is 52.8 Å². The fourth-order valence-corrected chi connectivity index (χ4v) is 7.64. The Bertz CT molecular complexity index is 474. The third-order valence-corrected chi connectivity index (χ3v) is 8.84. The van der Waals surface area contributed by atoms with Crippen molar-refractivity contribution >= 4 is 0 Å². The van der Waals surface area contributed by atoms with E-state index >= 15 is 0 Å². The van der Waals surface area contributed by atoms with Crippen molar-refractivity contribution in [1.82, 2.24) is 0 Å². The molecule has 9 atom stereocenters. The predicted molar refractivity (Wildman–Crippen MR) is 106 cm³/mol. The molecule has 4 rings (SSSR count). The number of hydrogen-bond acceptors (Lipinski definition) is 0. The van der Waals surface area contributed by atoms with Crippen molar-refractivity contribution in [3.63, 3.8) is 0 Å². The SMILES string of the molecule is CC.CC1C=C2C(C)CC3C(CCC4(C)C(C)CCC34)C2C(C)C1. The van der Waals surface area contributed by atoms with Gasteiger partial charge in [-0.15, -0.1) is 0 Å². The Morgan fingerprint density at radius 3 is 2.33 bits per heavy atom. The molecule has 9 unspecified atom stereocenters. The summed E-state index contributed by atoms with van der Waals surface area (Å²) in [5, 5.41) is 0. The molecule has 0 bridgehead atoms. The molecule has 24 heavy (non-hydrogen) atoms. The van der Waals surface area contributed by atoms with Crippen molar-refractivity contribution in [3.8, 4) is 0 Å². The third-order valence-electron chi connectivity index (χ3n) is 8.84. The first kappa shape index (κ1) is 18.5. The molecule has 3 fully saturated rings. The van der Waals surface area contributed by atoms with Gasteiger partial charge in [0.15, 0.2) is 0 Å². The largest absolute Gasteiger partial charge is 0.0819 e. The summed E-state index contributed by atoms with van der Waals surface area (Å²) in [6.45, 7) is 16.7. The summed E-state index contributed by atoms with van der Waals surface area (Å²) in [5.41, 5.74) is 2.55. The lowest BCUT2D eigenvalue weighted by Gasteiger charge is -2.57. The van der Waals surface area contributed by atoms with E-state index in [-0.39, 0.29) is 0 Å². The van der Waals surface area contributed by atoms with E-state index in [4.69, 9.17) is 0 Å². The summed E-state index contributed by atoms with van der Waals surface area (Å²) in [6, 6.07) is 0. The smallest absolute Gasteiger partial charge is 0.0143 e. The van der Waals surface area contributed by atoms with Gasteiger partial charge in [-0.25, -0.2) is 0 Å². The molecule has 0 heterocycles.